The van der Waals surface area contributed by atoms with E-state index in [0.717, 1.165) is 0 Å². The maximum atomic E-state index is 11.8. The number of morpholine rings is 1. The van der Waals surface area contributed by atoms with Crippen LogP contribution in [0.25, 0.3) is 0 Å². The summed E-state index contributed by atoms with van der Waals surface area (Å²) in [5, 5.41) is 8.37. The number of ether oxygens (including phenoxy) is 1. The van der Waals surface area contributed by atoms with E-state index in [1.165, 1.54) is 0 Å². The lowest BCUT2D eigenvalue weighted by molar-refractivity contribution is -0.131. The molecule has 0 atom stereocenters. The summed E-state index contributed by atoms with van der Waals surface area (Å²) in [5.74, 6) is 0.0104. The Bertz CT molecular complexity index is 275. The van der Waals surface area contributed by atoms with Crippen molar-refractivity contribution in [2.24, 2.45) is 0 Å². The van der Waals surface area contributed by atoms with Gasteiger partial charge in [0, 0.05) is 25.1 Å². The Balaban J connectivity index is 2.31. The van der Waals surface area contributed by atoms with Gasteiger partial charge in [-0.1, -0.05) is 6.58 Å². The molecule has 1 aliphatic heterocycles. The fraction of sp³-hybridized carbons (Fsp3) is 0.636. The lowest BCUT2D eigenvalue weighted by Crippen LogP contribution is -2.41. The van der Waals surface area contributed by atoms with Gasteiger partial charge in [0.25, 0.3) is 0 Å². The molecule has 0 aromatic carbocycles. The number of unbranched alkanes of at least 4 members (excludes halogenated alkanes) is 1. The van der Waals surface area contributed by atoms with Gasteiger partial charge in [-0.25, -0.2) is 0 Å². The van der Waals surface area contributed by atoms with Gasteiger partial charge in [0.05, 0.1) is 19.3 Å². The third-order valence-corrected chi connectivity index (χ3v) is 2.37. The fourth-order valence-corrected chi connectivity index (χ4v) is 1.48. The summed E-state index contributed by atoms with van der Waals surface area (Å²) < 4.78 is 5.16. The Morgan fingerprint density at radius 1 is 1.47 bits per heavy atom. The predicted octanol–water partition coefficient (Wildman–Crippen LogP) is 1.10. The van der Waals surface area contributed by atoms with Crippen molar-refractivity contribution in [2.75, 3.05) is 26.3 Å². The smallest absolute Gasteiger partial charge is 0.249 e. The van der Waals surface area contributed by atoms with E-state index in [2.05, 4.69) is 12.6 Å². The maximum absolute atomic E-state index is 11.8. The molecule has 4 nitrogen and oxygen atoms in total. The van der Waals surface area contributed by atoms with Crippen molar-refractivity contribution in [1.29, 1.82) is 5.26 Å². The van der Waals surface area contributed by atoms with Gasteiger partial charge in [0.1, 0.15) is 0 Å². The van der Waals surface area contributed by atoms with E-state index in [1.54, 1.807) is 4.90 Å². The molecule has 1 heterocycles. The summed E-state index contributed by atoms with van der Waals surface area (Å²) in [6.45, 7) is 6.27. The summed E-state index contributed by atoms with van der Waals surface area (Å²) in [6.07, 6.45) is 1.81. The maximum Gasteiger partial charge on any atom is 0.249 e. The topological polar surface area (TPSA) is 53.3 Å². The van der Waals surface area contributed by atoms with Crippen LogP contribution in [0.3, 0.4) is 0 Å². The van der Waals surface area contributed by atoms with E-state index in [1.807, 2.05) is 0 Å². The zero-order chi connectivity index (χ0) is 11.1. The van der Waals surface area contributed by atoms with Gasteiger partial charge < -0.3 is 9.64 Å². The van der Waals surface area contributed by atoms with Crippen LogP contribution in [-0.4, -0.2) is 37.1 Å². The summed E-state index contributed by atoms with van der Waals surface area (Å²) in [5.41, 5.74) is 0.604. The zero-order valence-electron chi connectivity index (χ0n) is 8.87. The molecule has 1 rings (SSSR count). The van der Waals surface area contributed by atoms with Gasteiger partial charge in [0.15, 0.2) is 0 Å². The minimum atomic E-state index is 0.0104. The molecule has 0 bridgehead atoms. The molecule has 0 N–H and O–H groups in total. The number of hydrogen-bond acceptors (Lipinski definition) is 3. The number of nitriles is 1. The van der Waals surface area contributed by atoms with Crippen LogP contribution in [0.1, 0.15) is 19.3 Å². The second-order valence-electron chi connectivity index (χ2n) is 3.52. The quantitative estimate of drug-likeness (QED) is 0.513. The molecular formula is C11H16N2O2. The first kappa shape index (κ1) is 11.7. The third-order valence-electron chi connectivity index (χ3n) is 2.37. The van der Waals surface area contributed by atoms with Crippen molar-refractivity contribution in [2.45, 2.75) is 19.3 Å². The largest absolute Gasteiger partial charge is 0.378 e. The molecule has 0 unspecified atom stereocenters. The predicted molar refractivity (Wildman–Crippen MR) is 56.0 cm³/mol. The second kappa shape index (κ2) is 6.20. The van der Waals surface area contributed by atoms with Crippen LogP contribution in [0.2, 0.25) is 0 Å². The van der Waals surface area contributed by atoms with Crippen LogP contribution >= 0.6 is 0 Å². The number of carbonyl (C=O) groups is 1. The SMILES string of the molecule is C=C(CCCC#N)C(=O)N1CCOCC1. The van der Waals surface area contributed by atoms with Crippen molar-refractivity contribution in [1.82, 2.24) is 4.90 Å². The van der Waals surface area contributed by atoms with E-state index >= 15 is 0 Å². The Labute approximate surface area is 90.1 Å². The highest BCUT2D eigenvalue weighted by Crippen LogP contribution is 2.10. The van der Waals surface area contributed by atoms with Crippen LogP contribution in [-0.2, 0) is 9.53 Å². The van der Waals surface area contributed by atoms with Crippen molar-refractivity contribution < 1.29 is 9.53 Å². The zero-order valence-corrected chi connectivity index (χ0v) is 8.87. The van der Waals surface area contributed by atoms with Crippen molar-refractivity contribution in [3.63, 3.8) is 0 Å². The summed E-state index contributed by atoms with van der Waals surface area (Å²) in [6, 6.07) is 2.06. The Hall–Kier alpha value is -1.34. The first-order valence-corrected chi connectivity index (χ1v) is 5.17. The molecule has 1 fully saturated rings. The highest BCUT2D eigenvalue weighted by atomic mass is 16.5. The van der Waals surface area contributed by atoms with Gasteiger partial charge in [-0.3, -0.25) is 4.79 Å². The monoisotopic (exact) mass is 208 g/mol. The molecule has 1 saturated heterocycles. The van der Waals surface area contributed by atoms with Gasteiger partial charge >= 0.3 is 0 Å². The highest BCUT2D eigenvalue weighted by molar-refractivity contribution is 5.92. The van der Waals surface area contributed by atoms with E-state index in [0.29, 0.717) is 51.1 Å². The highest BCUT2D eigenvalue weighted by Gasteiger charge is 2.18. The molecule has 0 aromatic heterocycles. The molecule has 0 spiro atoms. The number of carbonyl (C=O) groups excluding carboxylic acids is 1. The fourth-order valence-electron chi connectivity index (χ4n) is 1.48. The van der Waals surface area contributed by atoms with Crippen LogP contribution in [0.5, 0.6) is 0 Å². The van der Waals surface area contributed by atoms with E-state index in [4.69, 9.17) is 10.00 Å². The summed E-state index contributed by atoms with van der Waals surface area (Å²) in [4.78, 5) is 13.5. The molecule has 1 amide bonds. The Kier molecular flexibility index (Phi) is 4.85. The van der Waals surface area contributed by atoms with Crippen molar-refractivity contribution in [3.8, 4) is 6.07 Å². The average Bonchev–Trinajstić information content (AvgIpc) is 2.29. The van der Waals surface area contributed by atoms with Crippen LogP contribution in [0.15, 0.2) is 12.2 Å². The first-order valence-electron chi connectivity index (χ1n) is 5.17. The van der Waals surface area contributed by atoms with Gasteiger partial charge in [0.2, 0.25) is 5.91 Å². The Morgan fingerprint density at radius 3 is 2.73 bits per heavy atom. The molecule has 0 radical (unpaired) electrons. The van der Waals surface area contributed by atoms with Crippen molar-refractivity contribution in [3.05, 3.63) is 12.2 Å². The van der Waals surface area contributed by atoms with E-state index in [9.17, 15) is 4.79 Å². The minimum absolute atomic E-state index is 0.0104. The molecular weight excluding hydrogens is 192 g/mol. The first-order chi connectivity index (χ1) is 7.25. The summed E-state index contributed by atoms with van der Waals surface area (Å²) in [7, 11) is 0. The number of nitrogens with zero attached hydrogens (tertiary/aromatic N) is 2. The molecule has 15 heavy (non-hydrogen) atoms. The average molecular weight is 208 g/mol. The van der Waals surface area contributed by atoms with Gasteiger partial charge in [-0.05, 0) is 12.8 Å². The Morgan fingerprint density at radius 2 is 2.13 bits per heavy atom. The van der Waals surface area contributed by atoms with Gasteiger partial charge in [-0.2, -0.15) is 5.26 Å². The van der Waals surface area contributed by atoms with Crippen LogP contribution in [0, 0.1) is 11.3 Å². The minimum Gasteiger partial charge on any atom is -0.378 e. The lowest BCUT2D eigenvalue weighted by atomic mass is 10.1. The van der Waals surface area contributed by atoms with E-state index in [-0.39, 0.29) is 5.91 Å². The van der Waals surface area contributed by atoms with Crippen LogP contribution < -0.4 is 0 Å². The standard InChI is InChI=1S/C11H16N2O2/c1-10(4-2-3-5-12)11(14)13-6-8-15-9-7-13/h1-4,6-9H2. The molecule has 0 aliphatic carbocycles. The number of hydrogen-bond donors (Lipinski definition) is 0. The van der Waals surface area contributed by atoms with Gasteiger partial charge in [-0.15, -0.1) is 0 Å². The normalized spacial score (nSPS) is 15.8. The molecule has 0 aromatic rings. The van der Waals surface area contributed by atoms with Crippen LogP contribution in [0.4, 0.5) is 0 Å². The molecule has 4 heteroatoms. The molecule has 0 saturated carbocycles. The summed E-state index contributed by atoms with van der Waals surface area (Å²) >= 11 is 0. The van der Waals surface area contributed by atoms with Crippen molar-refractivity contribution >= 4 is 5.91 Å². The third kappa shape index (κ3) is 3.72. The van der Waals surface area contributed by atoms with E-state index < -0.39 is 0 Å². The lowest BCUT2D eigenvalue weighted by Gasteiger charge is -2.27. The molecule has 82 valence electrons. The number of amides is 1. The second-order valence-corrected chi connectivity index (χ2v) is 3.52. The number of rotatable bonds is 4. The molecule has 1 aliphatic rings.